The summed E-state index contributed by atoms with van der Waals surface area (Å²) in [6.07, 6.45) is -4.78. The summed E-state index contributed by atoms with van der Waals surface area (Å²) in [5.74, 6) is -2.24. The molecular formula is C36H63F3O6Si2. The van der Waals surface area contributed by atoms with Gasteiger partial charge in [-0.3, -0.25) is 14.4 Å². The minimum atomic E-state index is -4.61. The second-order valence-corrected chi connectivity index (χ2v) is 24.4. The van der Waals surface area contributed by atoms with Crippen LogP contribution in [0, 0.1) is 17.3 Å². The van der Waals surface area contributed by atoms with Gasteiger partial charge in [0.2, 0.25) is 0 Å². The maximum absolute atomic E-state index is 14.5. The van der Waals surface area contributed by atoms with Gasteiger partial charge in [0.1, 0.15) is 5.78 Å². The summed E-state index contributed by atoms with van der Waals surface area (Å²) in [6.45, 7) is 32.7. The fourth-order valence-electron chi connectivity index (χ4n) is 5.33. The first-order valence-corrected chi connectivity index (χ1v) is 22.3. The van der Waals surface area contributed by atoms with Crippen molar-refractivity contribution in [2.45, 2.75) is 156 Å². The van der Waals surface area contributed by atoms with Gasteiger partial charge in [-0.25, -0.2) is 0 Å². The average molecular weight is 705 g/mol. The summed E-state index contributed by atoms with van der Waals surface area (Å²) in [4.78, 5) is 40.4. The molecule has 0 aliphatic carbocycles. The second-order valence-electron chi connectivity index (χ2n) is 14.9. The Bertz CT molecular complexity index is 1090. The quantitative estimate of drug-likeness (QED) is 0.0672. The van der Waals surface area contributed by atoms with Gasteiger partial charge >= 0.3 is 12.1 Å². The second kappa shape index (κ2) is 18.2. The molecule has 5 atom stereocenters. The van der Waals surface area contributed by atoms with Crippen LogP contribution >= 0.6 is 0 Å². The van der Waals surface area contributed by atoms with Crippen LogP contribution in [0.15, 0.2) is 37.0 Å². The van der Waals surface area contributed by atoms with Crippen molar-refractivity contribution < 1.29 is 41.1 Å². The minimum absolute atomic E-state index is 0.0938. The lowest BCUT2D eigenvalue weighted by atomic mass is 9.73. The predicted molar refractivity (Wildman–Crippen MR) is 190 cm³/mol. The summed E-state index contributed by atoms with van der Waals surface area (Å²) in [5, 5.41) is -0.0938. The average Bonchev–Trinajstić information content (AvgIpc) is 2.96. The Morgan fingerprint density at radius 3 is 1.79 bits per heavy atom. The van der Waals surface area contributed by atoms with Crippen LogP contribution < -0.4 is 0 Å². The summed E-state index contributed by atoms with van der Waals surface area (Å²) < 4.78 is 59.5. The van der Waals surface area contributed by atoms with Gasteiger partial charge in [-0.05, 0) is 55.5 Å². The topological polar surface area (TPSA) is 78.9 Å². The number of esters is 1. The third kappa shape index (κ3) is 12.9. The van der Waals surface area contributed by atoms with E-state index in [2.05, 4.69) is 47.0 Å². The first-order valence-electron chi connectivity index (χ1n) is 16.9. The number of carbonyl (C=O) groups excluding carboxylic acids is 3. The summed E-state index contributed by atoms with van der Waals surface area (Å²) >= 11 is 0. The molecule has 11 heteroatoms. The van der Waals surface area contributed by atoms with Gasteiger partial charge in [-0.15, -0.1) is 13.2 Å². The molecule has 272 valence electrons. The molecule has 0 saturated carbocycles. The first-order chi connectivity index (χ1) is 21.3. The van der Waals surface area contributed by atoms with Crippen molar-refractivity contribution in [3.63, 3.8) is 0 Å². The smallest absolute Gasteiger partial charge is 0.412 e. The number of allylic oxidation sites excluding steroid dienone is 2. The van der Waals surface area contributed by atoms with Crippen molar-refractivity contribution in [1.82, 2.24) is 0 Å². The number of Topliss-reactive ketones (excluding diaryl/α,β-unsaturated/α-hetero) is 2. The Morgan fingerprint density at radius 2 is 1.40 bits per heavy atom. The molecule has 0 bridgehead atoms. The SMILES string of the molecule is C=CC/C(=C\CC(OC(=O)C[C@H](O[Si](CC)(CC)CC)C(C)(C)C(=O)C(C)[C@@H](O[Si](C)(C)C(C)(C)C)[C@@H](C)C=C)C(C)=O)C(F)(F)F. The van der Waals surface area contributed by atoms with Crippen molar-refractivity contribution in [2.75, 3.05) is 0 Å². The van der Waals surface area contributed by atoms with Crippen molar-refractivity contribution in [2.24, 2.45) is 17.3 Å². The minimum Gasteiger partial charge on any atom is -0.454 e. The van der Waals surface area contributed by atoms with Crippen molar-refractivity contribution in [3.05, 3.63) is 37.0 Å². The van der Waals surface area contributed by atoms with Crippen LogP contribution in [-0.2, 0) is 28.0 Å². The lowest BCUT2D eigenvalue weighted by Gasteiger charge is -2.45. The van der Waals surface area contributed by atoms with E-state index < -0.39 is 82.6 Å². The van der Waals surface area contributed by atoms with E-state index in [1.807, 2.05) is 34.6 Å². The molecule has 0 amide bonds. The van der Waals surface area contributed by atoms with Gasteiger partial charge in [0.15, 0.2) is 28.5 Å². The molecule has 0 saturated heterocycles. The van der Waals surface area contributed by atoms with Crippen LogP contribution in [0.5, 0.6) is 0 Å². The molecule has 0 spiro atoms. The Balaban J connectivity index is 6.66. The van der Waals surface area contributed by atoms with E-state index in [0.29, 0.717) is 0 Å². The predicted octanol–water partition coefficient (Wildman–Crippen LogP) is 10.2. The van der Waals surface area contributed by atoms with E-state index in [9.17, 15) is 27.6 Å². The Hall–Kier alpha value is -1.83. The lowest BCUT2D eigenvalue weighted by molar-refractivity contribution is -0.158. The Kier molecular flexibility index (Phi) is 17.5. The number of hydrogen-bond acceptors (Lipinski definition) is 6. The summed E-state index contributed by atoms with van der Waals surface area (Å²) in [5.41, 5.74) is -2.05. The van der Waals surface area contributed by atoms with Crippen LogP contribution in [0.2, 0.25) is 36.3 Å². The highest BCUT2D eigenvalue weighted by Crippen LogP contribution is 2.42. The number of rotatable bonds is 21. The van der Waals surface area contributed by atoms with E-state index in [1.54, 1.807) is 19.9 Å². The summed E-state index contributed by atoms with van der Waals surface area (Å²) in [7, 11) is -4.69. The Labute approximate surface area is 285 Å². The molecule has 0 aromatic rings. The standard InChI is InChI=1S/C36H63F3O6Si2/c1-16-21-28(36(37,38)39)22-23-29(27(8)40)43-31(41)24-30(44-47(18-3,19-4)20-5)35(12,13)33(42)26(7)32(25(6)17-2)45-46(14,15)34(9,10)11/h16-17,22,25-26,29-30,32H,1-2,18-21,23-24H2,3-15H3/b28-22+/t25-,26?,29?,30-,32-/m0/s1. The fourth-order valence-corrected chi connectivity index (χ4v) is 9.77. The number of hydrogen-bond donors (Lipinski definition) is 0. The van der Waals surface area contributed by atoms with Crippen LogP contribution in [0.1, 0.15) is 95.4 Å². The molecule has 6 nitrogen and oxygen atoms in total. The number of carbonyl (C=O) groups is 3. The molecular weight excluding hydrogens is 642 g/mol. The van der Waals surface area contributed by atoms with Crippen LogP contribution in [-0.4, -0.2) is 58.7 Å². The zero-order valence-electron chi connectivity index (χ0n) is 31.4. The maximum atomic E-state index is 14.5. The number of ether oxygens (including phenoxy) is 1. The van der Waals surface area contributed by atoms with Gasteiger partial charge in [0, 0.05) is 23.3 Å². The summed E-state index contributed by atoms with van der Waals surface area (Å²) in [6, 6.07) is 2.29. The molecule has 0 radical (unpaired) electrons. The highest BCUT2D eigenvalue weighted by molar-refractivity contribution is 6.74. The van der Waals surface area contributed by atoms with E-state index >= 15 is 0 Å². The maximum Gasteiger partial charge on any atom is 0.412 e. The van der Waals surface area contributed by atoms with Crippen LogP contribution in [0.3, 0.4) is 0 Å². The Morgan fingerprint density at radius 1 is 0.894 bits per heavy atom. The zero-order chi connectivity index (χ0) is 37.2. The molecule has 0 heterocycles. The molecule has 0 fully saturated rings. The normalized spacial score (nSPS) is 16.9. The van der Waals surface area contributed by atoms with Gasteiger partial charge < -0.3 is 13.6 Å². The van der Waals surface area contributed by atoms with E-state index in [0.717, 1.165) is 30.3 Å². The van der Waals surface area contributed by atoms with Gasteiger partial charge in [-0.1, -0.05) is 87.5 Å². The number of ketones is 2. The number of halogens is 3. The highest BCUT2D eigenvalue weighted by Gasteiger charge is 2.49. The van der Waals surface area contributed by atoms with Crippen molar-refractivity contribution in [1.29, 1.82) is 0 Å². The molecule has 0 aliphatic rings. The van der Waals surface area contributed by atoms with Crippen molar-refractivity contribution >= 4 is 34.2 Å². The molecule has 0 aromatic carbocycles. The molecule has 0 aromatic heterocycles. The van der Waals surface area contributed by atoms with E-state index in [1.165, 1.54) is 6.92 Å². The molecule has 47 heavy (non-hydrogen) atoms. The zero-order valence-corrected chi connectivity index (χ0v) is 33.4. The first kappa shape index (κ1) is 45.2. The van der Waals surface area contributed by atoms with E-state index in [-0.39, 0.29) is 23.2 Å². The number of alkyl halides is 3. The van der Waals surface area contributed by atoms with E-state index in [4.69, 9.17) is 13.6 Å². The van der Waals surface area contributed by atoms with Gasteiger partial charge in [-0.2, -0.15) is 13.2 Å². The molecule has 2 unspecified atom stereocenters. The molecule has 0 aliphatic heterocycles. The van der Waals surface area contributed by atoms with Crippen molar-refractivity contribution in [3.8, 4) is 0 Å². The van der Waals surface area contributed by atoms with Gasteiger partial charge in [0.25, 0.3) is 0 Å². The van der Waals surface area contributed by atoms with Crippen LogP contribution in [0.25, 0.3) is 0 Å². The molecule has 0 N–H and O–H groups in total. The molecule has 0 rings (SSSR count). The third-order valence-corrected chi connectivity index (χ3v) is 19.3. The fraction of sp³-hybridized carbons (Fsp3) is 0.750. The monoisotopic (exact) mass is 704 g/mol. The van der Waals surface area contributed by atoms with Gasteiger partial charge in [0.05, 0.1) is 18.6 Å². The third-order valence-electron chi connectivity index (χ3n) is 10.2. The van der Waals surface area contributed by atoms with Crippen LogP contribution in [0.4, 0.5) is 13.2 Å². The largest absolute Gasteiger partial charge is 0.454 e. The highest BCUT2D eigenvalue weighted by atomic mass is 28.4. The lowest BCUT2D eigenvalue weighted by Crippen LogP contribution is -2.53.